The Kier molecular flexibility index (Phi) is 4.94. The molecule has 0 aromatic rings. The van der Waals surface area contributed by atoms with Crippen LogP contribution in [0.4, 0.5) is 0 Å². The van der Waals surface area contributed by atoms with Crippen LogP contribution < -0.4 is 0 Å². The largest absolute Gasteiger partial charge is 0.480 e. The van der Waals surface area contributed by atoms with Crippen LogP contribution in [0.3, 0.4) is 0 Å². The molecule has 1 rings (SSSR count). The molecule has 1 N–H and O–H groups in total. The molecular formula is C11H21NO4S. The van der Waals surface area contributed by atoms with Gasteiger partial charge >= 0.3 is 5.97 Å². The van der Waals surface area contributed by atoms with Gasteiger partial charge in [-0.15, -0.1) is 0 Å². The lowest BCUT2D eigenvalue weighted by atomic mass is 10.1. The van der Waals surface area contributed by atoms with E-state index in [9.17, 15) is 13.2 Å². The lowest BCUT2D eigenvalue weighted by Gasteiger charge is -2.34. The van der Waals surface area contributed by atoms with Gasteiger partial charge < -0.3 is 5.11 Å². The van der Waals surface area contributed by atoms with Gasteiger partial charge in [-0.3, -0.25) is 9.69 Å². The van der Waals surface area contributed by atoms with Crippen molar-refractivity contribution in [3.63, 3.8) is 0 Å². The number of hydrogen-bond donors (Lipinski definition) is 1. The van der Waals surface area contributed by atoms with Gasteiger partial charge in [-0.25, -0.2) is 8.42 Å². The highest BCUT2D eigenvalue weighted by atomic mass is 32.2. The third-order valence-electron chi connectivity index (χ3n) is 2.98. The van der Waals surface area contributed by atoms with Crippen LogP contribution in [0.25, 0.3) is 0 Å². The Balaban J connectivity index is 2.61. The van der Waals surface area contributed by atoms with Crippen molar-refractivity contribution in [3.8, 4) is 0 Å². The maximum Gasteiger partial charge on any atom is 0.317 e. The number of carbonyl (C=O) groups is 1. The van der Waals surface area contributed by atoms with E-state index >= 15 is 0 Å². The standard InChI is InChI=1S/C11H21NO4S/c1-9(2)7-12(8-11(13)14)10-3-5-17(15,16)6-4-10/h9-10H,3-8H2,1-2H3,(H,13,14). The van der Waals surface area contributed by atoms with Crippen LogP contribution in [0.15, 0.2) is 0 Å². The molecule has 0 aromatic heterocycles. The normalized spacial score (nSPS) is 20.9. The molecule has 0 bridgehead atoms. The molecule has 0 aliphatic carbocycles. The predicted molar refractivity (Wildman–Crippen MR) is 65.7 cm³/mol. The molecule has 1 heterocycles. The van der Waals surface area contributed by atoms with Crippen molar-refractivity contribution in [2.24, 2.45) is 5.92 Å². The molecule has 17 heavy (non-hydrogen) atoms. The molecule has 0 atom stereocenters. The smallest absolute Gasteiger partial charge is 0.317 e. The Bertz CT molecular complexity index is 350. The summed E-state index contributed by atoms with van der Waals surface area (Å²) < 4.78 is 22.7. The molecule has 0 aromatic carbocycles. The average molecular weight is 263 g/mol. The Hall–Kier alpha value is -0.620. The summed E-state index contributed by atoms with van der Waals surface area (Å²) in [6.45, 7) is 4.78. The summed E-state index contributed by atoms with van der Waals surface area (Å²) in [5.41, 5.74) is 0. The Morgan fingerprint density at radius 3 is 2.29 bits per heavy atom. The monoisotopic (exact) mass is 263 g/mol. The maximum absolute atomic E-state index is 11.3. The fourth-order valence-electron chi connectivity index (χ4n) is 2.23. The highest BCUT2D eigenvalue weighted by molar-refractivity contribution is 7.91. The Labute approximate surface area is 103 Å². The van der Waals surface area contributed by atoms with E-state index in [1.165, 1.54) is 0 Å². The van der Waals surface area contributed by atoms with Gasteiger partial charge in [-0.05, 0) is 18.8 Å². The second kappa shape index (κ2) is 5.82. The zero-order valence-electron chi connectivity index (χ0n) is 10.4. The first kappa shape index (κ1) is 14.4. The molecule has 6 heteroatoms. The summed E-state index contributed by atoms with van der Waals surface area (Å²) in [4.78, 5) is 12.7. The van der Waals surface area contributed by atoms with Crippen molar-refractivity contribution in [2.45, 2.75) is 32.7 Å². The molecule has 1 saturated heterocycles. The molecule has 5 nitrogen and oxygen atoms in total. The van der Waals surface area contributed by atoms with Gasteiger partial charge in [0.2, 0.25) is 0 Å². The first-order chi connectivity index (χ1) is 7.80. The van der Waals surface area contributed by atoms with E-state index in [-0.39, 0.29) is 24.1 Å². The van der Waals surface area contributed by atoms with Gasteiger partial charge in [0.25, 0.3) is 0 Å². The number of carboxylic acid groups (broad SMARTS) is 1. The summed E-state index contributed by atoms with van der Waals surface area (Å²) in [6, 6.07) is 0.0945. The van der Waals surface area contributed by atoms with Crippen LogP contribution in [0.5, 0.6) is 0 Å². The van der Waals surface area contributed by atoms with Crippen LogP contribution >= 0.6 is 0 Å². The fraction of sp³-hybridized carbons (Fsp3) is 0.909. The SMILES string of the molecule is CC(C)CN(CC(=O)O)C1CCS(=O)(=O)CC1. The van der Waals surface area contributed by atoms with Crippen molar-refractivity contribution in [3.05, 3.63) is 0 Å². The molecule has 100 valence electrons. The van der Waals surface area contributed by atoms with Crippen LogP contribution in [-0.2, 0) is 14.6 Å². The van der Waals surface area contributed by atoms with Gasteiger partial charge in [0.1, 0.15) is 9.84 Å². The average Bonchev–Trinajstić information content (AvgIpc) is 2.14. The molecule has 0 saturated carbocycles. The summed E-state index contributed by atoms with van der Waals surface area (Å²) in [5, 5.41) is 8.87. The second-order valence-corrected chi connectivity index (χ2v) is 7.40. The minimum atomic E-state index is -2.88. The van der Waals surface area contributed by atoms with Crippen molar-refractivity contribution in [1.29, 1.82) is 0 Å². The molecule has 1 fully saturated rings. The third-order valence-corrected chi connectivity index (χ3v) is 4.69. The first-order valence-electron chi connectivity index (χ1n) is 5.96. The Morgan fingerprint density at radius 1 is 1.35 bits per heavy atom. The second-order valence-electron chi connectivity index (χ2n) is 5.10. The minimum Gasteiger partial charge on any atom is -0.480 e. The zero-order valence-corrected chi connectivity index (χ0v) is 11.2. The lowest BCUT2D eigenvalue weighted by molar-refractivity contribution is -0.139. The summed E-state index contributed by atoms with van der Waals surface area (Å²) >= 11 is 0. The zero-order chi connectivity index (χ0) is 13.1. The van der Waals surface area contributed by atoms with Gasteiger partial charge in [0, 0.05) is 12.6 Å². The van der Waals surface area contributed by atoms with E-state index in [1.807, 2.05) is 18.7 Å². The minimum absolute atomic E-state index is 0.00287. The number of carboxylic acids is 1. The van der Waals surface area contributed by atoms with Crippen molar-refractivity contribution < 1.29 is 18.3 Å². The van der Waals surface area contributed by atoms with E-state index in [1.54, 1.807) is 0 Å². The summed E-state index contributed by atoms with van der Waals surface area (Å²) in [7, 11) is -2.88. The van der Waals surface area contributed by atoms with Crippen LogP contribution in [0.2, 0.25) is 0 Å². The van der Waals surface area contributed by atoms with Crippen molar-refractivity contribution >= 4 is 15.8 Å². The molecular weight excluding hydrogens is 242 g/mol. The van der Waals surface area contributed by atoms with E-state index in [4.69, 9.17) is 5.11 Å². The Morgan fingerprint density at radius 2 is 1.88 bits per heavy atom. The number of sulfone groups is 1. The van der Waals surface area contributed by atoms with E-state index in [2.05, 4.69) is 0 Å². The number of aliphatic carboxylic acids is 1. The maximum atomic E-state index is 11.3. The van der Waals surface area contributed by atoms with Crippen LogP contribution in [-0.4, -0.2) is 55.0 Å². The molecule has 0 radical (unpaired) electrons. The van der Waals surface area contributed by atoms with Crippen LogP contribution in [0, 0.1) is 5.92 Å². The summed E-state index contributed by atoms with van der Waals surface area (Å²) in [5.74, 6) is -0.0930. The quantitative estimate of drug-likeness (QED) is 0.786. The van der Waals surface area contributed by atoms with Gasteiger partial charge in [0.15, 0.2) is 0 Å². The highest BCUT2D eigenvalue weighted by Gasteiger charge is 2.29. The predicted octanol–water partition coefficient (Wildman–Crippen LogP) is 0.606. The fourth-order valence-corrected chi connectivity index (χ4v) is 3.69. The molecule has 0 spiro atoms. The first-order valence-corrected chi connectivity index (χ1v) is 7.78. The van der Waals surface area contributed by atoms with Gasteiger partial charge in [-0.2, -0.15) is 0 Å². The summed E-state index contributed by atoms with van der Waals surface area (Å²) in [6.07, 6.45) is 1.12. The van der Waals surface area contributed by atoms with E-state index < -0.39 is 15.8 Å². The van der Waals surface area contributed by atoms with Crippen LogP contribution in [0.1, 0.15) is 26.7 Å². The van der Waals surface area contributed by atoms with E-state index in [0.29, 0.717) is 25.3 Å². The van der Waals surface area contributed by atoms with Gasteiger partial charge in [-0.1, -0.05) is 13.8 Å². The number of nitrogens with zero attached hydrogens (tertiary/aromatic N) is 1. The van der Waals surface area contributed by atoms with Crippen molar-refractivity contribution in [1.82, 2.24) is 4.90 Å². The van der Waals surface area contributed by atoms with Crippen molar-refractivity contribution in [2.75, 3.05) is 24.6 Å². The lowest BCUT2D eigenvalue weighted by Crippen LogP contribution is -2.45. The molecule has 0 unspecified atom stereocenters. The topological polar surface area (TPSA) is 74.7 Å². The number of hydrogen-bond acceptors (Lipinski definition) is 4. The van der Waals surface area contributed by atoms with Gasteiger partial charge in [0.05, 0.1) is 18.1 Å². The molecule has 1 aliphatic rings. The highest BCUT2D eigenvalue weighted by Crippen LogP contribution is 2.19. The number of rotatable bonds is 5. The van der Waals surface area contributed by atoms with E-state index in [0.717, 1.165) is 0 Å². The molecule has 0 amide bonds. The molecule has 1 aliphatic heterocycles. The third kappa shape index (κ3) is 5.04.